The molecule has 0 spiro atoms. The van der Waals surface area contributed by atoms with Crippen LogP contribution in [-0.4, -0.2) is 23.8 Å². The fraction of sp³-hybridized carbons (Fsp3) is 0.778. The predicted molar refractivity (Wildman–Crippen MR) is 51.6 cm³/mol. The molecule has 1 aromatic heterocycles. The first-order valence-corrected chi connectivity index (χ1v) is 4.72. The molecule has 0 saturated heterocycles. The van der Waals surface area contributed by atoms with E-state index < -0.39 is 0 Å². The molecule has 5 nitrogen and oxygen atoms in total. The molecular weight excluding hydrogens is 182 g/mol. The lowest BCUT2D eigenvalue weighted by Crippen LogP contribution is -2.14. The Balaban J connectivity index is 2.66. The Hall–Kier alpha value is -0.940. The van der Waals surface area contributed by atoms with Crippen molar-refractivity contribution in [2.45, 2.75) is 26.4 Å². The maximum absolute atomic E-state index is 5.47. The van der Waals surface area contributed by atoms with Gasteiger partial charge >= 0.3 is 0 Å². The zero-order valence-corrected chi connectivity index (χ0v) is 8.86. The summed E-state index contributed by atoms with van der Waals surface area (Å²) in [5.74, 6) is 1.69. The van der Waals surface area contributed by atoms with Gasteiger partial charge in [0.15, 0.2) is 5.82 Å². The third kappa shape index (κ3) is 2.78. The van der Waals surface area contributed by atoms with E-state index in [0.29, 0.717) is 24.2 Å². The summed E-state index contributed by atoms with van der Waals surface area (Å²) in [5, 5.41) is 3.85. The quantitative estimate of drug-likeness (QED) is 0.763. The van der Waals surface area contributed by atoms with Crippen LogP contribution in [0.1, 0.15) is 31.7 Å². The van der Waals surface area contributed by atoms with Gasteiger partial charge in [-0.3, -0.25) is 0 Å². The highest BCUT2D eigenvalue weighted by atomic mass is 16.5. The van der Waals surface area contributed by atoms with E-state index in [2.05, 4.69) is 24.0 Å². The summed E-state index contributed by atoms with van der Waals surface area (Å²) in [6.45, 7) is 4.55. The number of hydrogen-bond acceptors (Lipinski definition) is 5. The van der Waals surface area contributed by atoms with Crippen molar-refractivity contribution in [2.75, 3.05) is 13.7 Å². The van der Waals surface area contributed by atoms with Crippen molar-refractivity contribution in [1.29, 1.82) is 0 Å². The van der Waals surface area contributed by atoms with Gasteiger partial charge in [-0.2, -0.15) is 4.98 Å². The van der Waals surface area contributed by atoms with E-state index in [0.717, 1.165) is 6.42 Å². The first-order valence-electron chi connectivity index (χ1n) is 4.72. The van der Waals surface area contributed by atoms with E-state index in [-0.39, 0.29) is 6.10 Å². The Morgan fingerprint density at radius 2 is 2.21 bits per heavy atom. The van der Waals surface area contributed by atoms with Crippen molar-refractivity contribution in [3.05, 3.63) is 11.7 Å². The zero-order chi connectivity index (χ0) is 10.6. The Bertz CT molecular complexity index is 269. The van der Waals surface area contributed by atoms with E-state index in [4.69, 9.17) is 15.0 Å². The van der Waals surface area contributed by atoms with Crippen LogP contribution in [0.25, 0.3) is 0 Å². The first-order chi connectivity index (χ1) is 6.67. The van der Waals surface area contributed by atoms with Crippen molar-refractivity contribution in [3.63, 3.8) is 0 Å². The molecule has 14 heavy (non-hydrogen) atoms. The van der Waals surface area contributed by atoms with E-state index in [1.807, 2.05) is 0 Å². The maximum Gasteiger partial charge on any atom is 0.257 e. The highest BCUT2D eigenvalue weighted by Crippen LogP contribution is 2.13. The lowest BCUT2D eigenvalue weighted by molar-refractivity contribution is 0.0804. The molecule has 0 bridgehead atoms. The molecule has 1 aromatic rings. The van der Waals surface area contributed by atoms with Gasteiger partial charge in [0.05, 0.1) is 0 Å². The van der Waals surface area contributed by atoms with Crippen LogP contribution in [0.3, 0.4) is 0 Å². The van der Waals surface area contributed by atoms with Crippen LogP contribution in [0.5, 0.6) is 0 Å². The minimum Gasteiger partial charge on any atom is -0.370 e. The lowest BCUT2D eigenvalue weighted by Gasteiger charge is -2.05. The van der Waals surface area contributed by atoms with Crippen LogP contribution < -0.4 is 5.73 Å². The Labute approximate surface area is 83.6 Å². The minimum absolute atomic E-state index is 0.289. The second-order valence-electron chi connectivity index (χ2n) is 3.61. The average Bonchev–Trinajstić information content (AvgIpc) is 2.54. The number of rotatable bonds is 5. The topological polar surface area (TPSA) is 74.2 Å². The Morgan fingerprint density at radius 1 is 1.50 bits per heavy atom. The molecule has 0 aliphatic carbocycles. The van der Waals surface area contributed by atoms with E-state index in [1.165, 1.54) is 0 Å². The summed E-state index contributed by atoms with van der Waals surface area (Å²) in [5.41, 5.74) is 5.47. The number of ether oxygens (including phenoxy) is 1. The van der Waals surface area contributed by atoms with Gasteiger partial charge in [0, 0.05) is 20.1 Å². The van der Waals surface area contributed by atoms with Crippen LogP contribution in [0, 0.1) is 5.92 Å². The van der Waals surface area contributed by atoms with Crippen LogP contribution in [-0.2, 0) is 11.2 Å². The predicted octanol–water partition coefficient (Wildman–Crippen LogP) is 0.914. The van der Waals surface area contributed by atoms with Crippen molar-refractivity contribution < 1.29 is 9.26 Å². The van der Waals surface area contributed by atoms with Crippen molar-refractivity contribution in [1.82, 2.24) is 10.1 Å². The maximum atomic E-state index is 5.47. The number of nitrogens with zero attached hydrogens (tertiary/aromatic N) is 2. The average molecular weight is 199 g/mol. The number of aromatic nitrogens is 2. The van der Waals surface area contributed by atoms with E-state index in [9.17, 15) is 0 Å². The van der Waals surface area contributed by atoms with Crippen LogP contribution in [0.4, 0.5) is 0 Å². The SMILES string of the molecule is COC(CN)c1nc(CC(C)C)no1. The molecule has 2 N–H and O–H groups in total. The van der Waals surface area contributed by atoms with Gasteiger partial charge in [0.2, 0.25) is 0 Å². The molecule has 0 radical (unpaired) electrons. The molecule has 0 aliphatic heterocycles. The van der Waals surface area contributed by atoms with Crippen molar-refractivity contribution >= 4 is 0 Å². The fourth-order valence-corrected chi connectivity index (χ4v) is 1.14. The summed E-state index contributed by atoms with van der Waals surface area (Å²) in [6.07, 6.45) is 0.522. The Morgan fingerprint density at radius 3 is 2.71 bits per heavy atom. The second kappa shape index (κ2) is 5.07. The molecule has 0 saturated carbocycles. The molecule has 0 amide bonds. The third-order valence-corrected chi connectivity index (χ3v) is 1.85. The van der Waals surface area contributed by atoms with Gasteiger partial charge in [0.25, 0.3) is 5.89 Å². The number of nitrogens with two attached hydrogens (primary N) is 1. The van der Waals surface area contributed by atoms with Gasteiger partial charge in [-0.25, -0.2) is 0 Å². The smallest absolute Gasteiger partial charge is 0.257 e. The standard InChI is InChI=1S/C9H17N3O2/c1-6(2)4-8-11-9(14-12-8)7(5-10)13-3/h6-7H,4-5,10H2,1-3H3. The van der Waals surface area contributed by atoms with Gasteiger partial charge < -0.3 is 15.0 Å². The molecule has 0 aliphatic rings. The molecule has 80 valence electrons. The number of methoxy groups -OCH3 is 1. The van der Waals surface area contributed by atoms with E-state index >= 15 is 0 Å². The van der Waals surface area contributed by atoms with Crippen molar-refractivity contribution in [2.24, 2.45) is 11.7 Å². The van der Waals surface area contributed by atoms with Gasteiger partial charge in [0.1, 0.15) is 6.10 Å². The largest absolute Gasteiger partial charge is 0.370 e. The molecule has 1 heterocycles. The van der Waals surface area contributed by atoms with Crippen molar-refractivity contribution in [3.8, 4) is 0 Å². The number of hydrogen-bond donors (Lipinski definition) is 1. The molecule has 1 rings (SSSR count). The monoisotopic (exact) mass is 199 g/mol. The van der Waals surface area contributed by atoms with Gasteiger partial charge in [-0.05, 0) is 5.92 Å². The normalized spacial score (nSPS) is 13.5. The molecule has 5 heteroatoms. The summed E-state index contributed by atoms with van der Waals surface area (Å²) in [4.78, 5) is 4.21. The lowest BCUT2D eigenvalue weighted by atomic mass is 10.1. The molecule has 0 fully saturated rings. The van der Waals surface area contributed by atoms with Crippen LogP contribution in [0.15, 0.2) is 4.52 Å². The van der Waals surface area contributed by atoms with Gasteiger partial charge in [-0.15, -0.1) is 0 Å². The summed E-state index contributed by atoms with van der Waals surface area (Å²) >= 11 is 0. The first kappa shape index (κ1) is 11.1. The minimum atomic E-state index is -0.289. The second-order valence-corrected chi connectivity index (χ2v) is 3.61. The van der Waals surface area contributed by atoms with Crippen LogP contribution in [0.2, 0.25) is 0 Å². The highest BCUT2D eigenvalue weighted by Gasteiger charge is 2.16. The zero-order valence-electron chi connectivity index (χ0n) is 8.86. The summed E-state index contributed by atoms with van der Waals surface area (Å²) < 4.78 is 10.1. The molecule has 1 unspecified atom stereocenters. The van der Waals surface area contributed by atoms with Gasteiger partial charge in [-0.1, -0.05) is 19.0 Å². The molecule has 0 aromatic carbocycles. The molecular formula is C9H17N3O2. The van der Waals surface area contributed by atoms with Crippen LogP contribution >= 0.6 is 0 Å². The summed E-state index contributed by atoms with van der Waals surface area (Å²) in [6, 6.07) is 0. The third-order valence-electron chi connectivity index (χ3n) is 1.85. The Kier molecular flexibility index (Phi) is 4.03. The van der Waals surface area contributed by atoms with E-state index in [1.54, 1.807) is 7.11 Å². The highest BCUT2D eigenvalue weighted by molar-refractivity contribution is 4.91. The summed E-state index contributed by atoms with van der Waals surface area (Å²) in [7, 11) is 1.57. The fourth-order valence-electron chi connectivity index (χ4n) is 1.14. The molecule has 1 atom stereocenters.